The Hall–Kier alpha value is -3.62. The third-order valence-corrected chi connectivity index (χ3v) is 3.52. The average Bonchev–Trinajstić information content (AvgIpc) is 2.56. The summed E-state index contributed by atoms with van der Waals surface area (Å²) >= 11 is 0. The summed E-state index contributed by atoms with van der Waals surface area (Å²) in [6.45, 7) is -0.283. The molecule has 0 aliphatic carbocycles. The Kier molecular flexibility index (Phi) is 4.21. The van der Waals surface area contributed by atoms with Crippen molar-refractivity contribution in [2.45, 2.75) is 0 Å². The van der Waals surface area contributed by atoms with Crippen LogP contribution in [0, 0.1) is 10.1 Å². The summed E-state index contributed by atoms with van der Waals surface area (Å²) in [5.41, 5.74) is 0.708. The van der Waals surface area contributed by atoms with Crippen LogP contribution in [-0.4, -0.2) is 35.0 Å². The lowest BCUT2D eigenvalue weighted by atomic mass is 10.2. The Morgan fingerprint density at radius 1 is 1.28 bits per heavy atom. The Morgan fingerprint density at radius 3 is 2.68 bits per heavy atom. The van der Waals surface area contributed by atoms with Crippen molar-refractivity contribution in [1.82, 2.24) is 0 Å². The van der Waals surface area contributed by atoms with E-state index in [1.54, 1.807) is 0 Å². The van der Waals surface area contributed by atoms with Crippen molar-refractivity contribution in [3.63, 3.8) is 0 Å². The first-order valence-corrected chi connectivity index (χ1v) is 7.25. The monoisotopic (exact) mass is 343 g/mol. The van der Waals surface area contributed by atoms with Crippen LogP contribution in [0.5, 0.6) is 11.5 Å². The molecule has 1 aliphatic rings. The molecule has 0 atom stereocenters. The summed E-state index contributed by atoms with van der Waals surface area (Å²) in [4.78, 5) is 35.6. The van der Waals surface area contributed by atoms with E-state index in [1.165, 1.54) is 41.3 Å². The van der Waals surface area contributed by atoms with Gasteiger partial charge in [-0.1, -0.05) is 0 Å². The number of hydrogen-bond acceptors (Lipinski definition) is 7. The maximum absolute atomic E-state index is 12.2. The molecule has 3 rings (SSSR count). The van der Waals surface area contributed by atoms with Crippen LogP contribution in [0.1, 0.15) is 0 Å². The highest BCUT2D eigenvalue weighted by Gasteiger charge is 2.27. The van der Waals surface area contributed by atoms with Gasteiger partial charge in [-0.2, -0.15) is 0 Å². The first-order valence-electron chi connectivity index (χ1n) is 7.25. The second-order valence-corrected chi connectivity index (χ2v) is 5.33. The average molecular weight is 343 g/mol. The number of fused-ring (bicyclic) bond motifs is 1. The lowest BCUT2D eigenvalue weighted by Gasteiger charge is -2.28. The number of carbonyl (C=O) groups excluding carboxylic acids is 2. The van der Waals surface area contributed by atoms with Crippen molar-refractivity contribution in [1.29, 1.82) is 0 Å². The first-order chi connectivity index (χ1) is 11.9. The molecule has 1 heterocycles. The Morgan fingerprint density at radius 2 is 2.00 bits per heavy atom. The van der Waals surface area contributed by atoms with Gasteiger partial charge in [0.15, 0.2) is 5.75 Å². The number of nitrogens with zero attached hydrogens (tertiary/aromatic N) is 2. The van der Waals surface area contributed by atoms with Gasteiger partial charge < -0.3 is 20.1 Å². The molecule has 0 bridgehead atoms. The molecule has 2 N–H and O–H groups in total. The zero-order valence-corrected chi connectivity index (χ0v) is 12.8. The molecular weight excluding hydrogens is 330 g/mol. The Balaban J connectivity index is 1.76. The minimum absolute atomic E-state index is 0.0443. The van der Waals surface area contributed by atoms with E-state index in [1.807, 2.05) is 0 Å². The minimum atomic E-state index is -0.606. The molecule has 0 radical (unpaired) electrons. The number of nitro benzene ring substituents is 1. The van der Waals surface area contributed by atoms with E-state index in [9.17, 15) is 24.8 Å². The molecule has 25 heavy (non-hydrogen) atoms. The van der Waals surface area contributed by atoms with E-state index in [2.05, 4.69) is 5.32 Å². The summed E-state index contributed by atoms with van der Waals surface area (Å²) in [5, 5.41) is 22.7. The number of aromatic hydroxyl groups is 1. The number of ether oxygens (including phenoxy) is 1. The maximum atomic E-state index is 12.2. The molecule has 128 valence electrons. The number of esters is 1. The van der Waals surface area contributed by atoms with E-state index >= 15 is 0 Å². The van der Waals surface area contributed by atoms with Gasteiger partial charge in [-0.15, -0.1) is 0 Å². The molecule has 1 aliphatic heterocycles. The maximum Gasteiger partial charge on any atom is 0.331 e. The number of nitrogens with one attached hydrogen (secondary N) is 1. The van der Waals surface area contributed by atoms with Gasteiger partial charge in [0.25, 0.3) is 5.69 Å². The van der Waals surface area contributed by atoms with Crippen molar-refractivity contribution in [3.8, 4) is 11.5 Å². The predicted molar refractivity (Wildman–Crippen MR) is 87.7 cm³/mol. The molecule has 1 amide bonds. The van der Waals surface area contributed by atoms with Gasteiger partial charge >= 0.3 is 5.97 Å². The standard InChI is InChI=1S/C16H13N3O6/c20-12-4-1-10(2-5-12)17-15(21)8-18-9-16(22)25-14-7-11(19(23)24)3-6-13(14)18/h1-7,20H,8-9H2,(H,17,21). The van der Waals surface area contributed by atoms with E-state index in [4.69, 9.17) is 4.74 Å². The number of carbonyl (C=O) groups is 2. The van der Waals surface area contributed by atoms with Crippen LogP contribution < -0.4 is 15.0 Å². The molecule has 0 unspecified atom stereocenters. The molecule has 0 spiro atoms. The lowest BCUT2D eigenvalue weighted by Crippen LogP contribution is -2.41. The molecule has 2 aromatic carbocycles. The van der Waals surface area contributed by atoms with Crippen molar-refractivity contribution in [2.75, 3.05) is 23.3 Å². The normalized spacial score (nSPS) is 13.0. The lowest BCUT2D eigenvalue weighted by molar-refractivity contribution is -0.384. The van der Waals surface area contributed by atoms with E-state index in [0.29, 0.717) is 11.4 Å². The summed E-state index contributed by atoms with van der Waals surface area (Å²) < 4.78 is 5.02. The fourth-order valence-corrected chi connectivity index (χ4v) is 2.41. The number of benzene rings is 2. The van der Waals surface area contributed by atoms with Crippen LogP contribution >= 0.6 is 0 Å². The number of anilines is 2. The molecule has 0 saturated carbocycles. The quantitative estimate of drug-likeness (QED) is 0.285. The van der Waals surface area contributed by atoms with Gasteiger partial charge in [0.2, 0.25) is 5.91 Å². The van der Waals surface area contributed by atoms with Crippen molar-refractivity contribution < 1.29 is 24.4 Å². The zero-order valence-electron chi connectivity index (χ0n) is 12.8. The fourth-order valence-electron chi connectivity index (χ4n) is 2.41. The van der Waals surface area contributed by atoms with Crippen molar-refractivity contribution in [3.05, 3.63) is 52.6 Å². The van der Waals surface area contributed by atoms with Crippen LogP contribution in [0.3, 0.4) is 0 Å². The van der Waals surface area contributed by atoms with Crippen LogP contribution in [0.25, 0.3) is 0 Å². The number of nitro groups is 1. The van der Waals surface area contributed by atoms with Gasteiger partial charge in [-0.25, -0.2) is 4.79 Å². The minimum Gasteiger partial charge on any atom is -0.508 e. The first kappa shape index (κ1) is 16.2. The molecule has 9 nitrogen and oxygen atoms in total. The molecule has 0 fully saturated rings. The predicted octanol–water partition coefficient (Wildman–Crippen LogP) is 1.66. The second-order valence-electron chi connectivity index (χ2n) is 5.33. The highest BCUT2D eigenvalue weighted by Crippen LogP contribution is 2.35. The van der Waals surface area contributed by atoms with Crippen LogP contribution in [0.4, 0.5) is 17.1 Å². The summed E-state index contributed by atoms with van der Waals surface area (Å²) in [7, 11) is 0. The number of non-ortho nitro benzene ring substituents is 1. The van der Waals surface area contributed by atoms with E-state index < -0.39 is 10.9 Å². The number of phenols is 1. The number of amides is 1. The van der Waals surface area contributed by atoms with Crippen LogP contribution in [0.2, 0.25) is 0 Å². The third kappa shape index (κ3) is 3.66. The number of rotatable bonds is 4. The molecule has 9 heteroatoms. The SMILES string of the molecule is O=C(CN1CC(=O)Oc2cc([N+](=O)[O-])ccc21)Nc1ccc(O)cc1. The second kappa shape index (κ2) is 6.48. The fraction of sp³-hybridized carbons (Fsp3) is 0.125. The summed E-state index contributed by atoms with van der Waals surface area (Å²) in [5.74, 6) is -0.870. The number of hydrogen-bond donors (Lipinski definition) is 2. The summed E-state index contributed by atoms with van der Waals surface area (Å²) in [6.07, 6.45) is 0. The molecule has 0 aromatic heterocycles. The summed E-state index contributed by atoms with van der Waals surface area (Å²) in [6, 6.07) is 9.81. The van der Waals surface area contributed by atoms with Crippen LogP contribution in [0.15, 0.2) is 42.5 Å². The van der Waals surface area contributed by atoms with E-state index in [-0.39, 0.29) is 36.2 Å². The van der Waals surface area contributed by atoms with E-state index in [0.717, 1.165) is 6.07 Å². The highest BCUT2D eigenvalue weighted by atomic mass is 16.6. The topological polar surface area (TPSA) is 122 Å². The van der Waals surface area contributed by atoms with Gasteiger partial charge in [-0.3, -0.25) is 14.9 Å². The molecular formula is C16H13N3O6. The largest absolute Gasteiger partial charge is 0.508 e. The van der Waals surface area contributed by atoms with Gasteiger partial charge in [0.1, 0.15) is 12.3 Å². The third-order valence-electron chi connectivity index (χ3n) is 3.52. The van der Waals surface area contributed by atoms with Gasteiger partial charge in [0.05, 0.1) is 23.2 Å². The molecule has 2 aromatic rings. The van der Waals surface area contributed by atoms with Crippen LogP contribution in [-0.2, 0) is 9.59 Å². The molecule has 0 saturated heterocycles. The van der Waals surface area contributed by atoms with Gasteiger partial charge in [-0.05, 0) is 30.3 Å². The van der Waals surface area contributed by atoms with Crippen molar-refractivity contribution >= 4 is 28.9 Å². The zero-order chi connectivity index (χ0) is 18.0. The Bertz CT molecular complexity index is 849. The van der Waals surface area contributed by atoms with Crippen molar-refractivity contribution in [2.24, 2.45) is 0 Å². The smallest absolute Gasteiger partial charge is 0.331 e. The Labute approximate surface area is 141 Å². The van der Waals surface area contributed by atoms with Gasteiger partial charge in [0, 0.05) is 11.8 Å². The number of phenolic OH excluding ortho intramolecular Hbond substituents is 1. The highest BCUT2D eigenvalue weighted by molar-refractivity contribution is 5.96.